The second-order valence-corrected chi connectivity index (χ2v) is 3.87. The van der Waals surface area contributed by atoms with Crippen LogP contribution in [0.25, 0.3) is 0 Å². The van der Waals surface area contributed by atoms with Gasteiger partial charge in [0.25, 0.3) is 5.69 Å². The van der Waals surface area contributed by atoms with Gasteiger partial charge >= 0.3 is 10.1 Å². The molecule has 0 atom stereocenters. The first-order valence-corrected chi connectivity index (χ1v) is 5.02. The molecule has 15 heavy (non-hydrogen) atoms. The van der Waals surface area contributed by atoms with Crippen molar-refractivity contribution in [3.63, 3.8) is 0 Å². The maximum absolute atomic E-state index is 10.7. The Morgan fingerprint density at radius 1 is 1.60 bits per heavy atom. The van der Waals surface area contributed by atoms with Gasteiger partial charge in [-0.3, -0.25) is 14.7 Å². The van der Waals surface area contributed by atoms with Crippen molar-refractivity contribution in [3.05, 3.63) is 28.3 Å². The molecule has 0 amide bonds. The van der Waals surface area contributed by atoms with Gasteiger partial charge in [-0.25, -0.2) is 0 Å². The molecule has 1 radical (unpaired) electrons. The Morgan fingerprint density at radius 3 is 2.60 bits per heavy atom. The molecule has 0 saturated carbocycles. The molecular weight excluding hydrogens is 226 g/mol. The van der Waals surface area contributed by atoms with Gasteiger partial charge in [-0.1, -0.05) is 0 Å². The van der Waals surface area contributed by atoms with E-state index in [-0.39, 0.29) is 5.75 Å². The number of nitro benzene ring substituents is 1. The Morgan fingerprint density at radius 2 is 2.20 bits per heavy atom. The lowest BCUT2D eigenvalue weighted by Crippen LogP contribution is -2.03. The lowest BCUT2D eigenvalue weighted by molar-refractivity contribution is -0.388. The van der Waals surface area contributed by atoms with E-state index in [1.54, 1.807) is 0 Å². The van der Waals surface area contributed by atoms with E-state index in [4.69, 9.17) is 4.55 Å². The van der Waals surface area contributed by atoms with Gasteiger partial charge in [0, 0.05) is 6.07 Å². The fraction of sp³-hybridized carbons (Fsp3) is 0.143. The zero-order valence-electron chi connectivity index (χ0n) is 7.50. The number of rotatable bonds is 3. The number of benzene rings is 1. The molecule has 0 aliphatic rings. The molecular formula is C7H6NO6S. The summed E-state index contributed by atoms with van der Waals surface area (Å²) in [6, 6.07) is 3.97. The molecule has 81 valence electrons. The van der Waals surface area contributed by atoms with Crippen molar-refractivity contribution >= 4 is 15.8 Å². The summed E-state index contributed by atoms with van der Waals surface area (Å²) >= 11 is 0. The summed E-state index contributed by atoms with van der Waals surface area (Å²) in [5.74, 6) is 0.00843. The van der Waals surface area contributed by atoms with Crippen LogP contribution in [-0.4, -0.2) is 25.0 Å². The Hall–Kier alpha value is -1.67. The van der Waals surface area contributed by atoms with E-state index in [1.165, 1.54) is 7.11 Å². The van der Waals surface area contributed by atoms with E-state index in [0.717, 1.165) is 12.1 Å². The molecule has 1 aromatic carbocycles. The van der Waals surface area contributed by atoms with Gasteiger partial charge in [0.1, 0.15) is 5.75 Å². The summed E-state index contributed by atoms with van der Waals surface area (Å²) in [6.45, 7) is 0. The second-order valence-electron chi connectivity index (χ2n) is 2.48. The van der Waals surface area contributed by atoms with Crippen molar-refractivity contribution in [1.82, 2.24) is 0 Å². The number of hydrogen-bond donors (Lipinski definition) is 1. The molecule has 0 unspecified atom stereocenters. The third kappa shape index (κ3) is 2.42. The first-order chi connectivity index (χ1) is 6.86. The molecule has 8 heteroatoms. The highest BCUT2D eigenvalue weighted by Crippen LogP contribution is 2.27. The van der Waals surface area contributed by atoms with Crippen LogP contribution < -0.4 is 4.74 Å². The van der Waals surface area contributed by atoms with Crippen molar-refractivity contribution in [3.8, 4) is 5.75 Å². The Kier molecular flexibility index (Phi) is 2.91. The van der Waals surface area contributed by atoms with E-state index in [2.05, 4.69) is 10.8 Å². The van der Waals surface area contributed by atoms with Crippen molar-refractivity contribution in [2.45, 2.75) is 4.90 Å². The molecule has 1 aromatic rings. The lowest BCUT2D eigenvalue weighted by atomic mass is 10.3. The third-order valence-corrected chi connectivity index (χ3v) is 2.44. The summed E-state index contributed by atoms with van der Waals surface area (Å²) < 4.78 is 34.8. The molecule has 0 heterocycles. The molecule has 1 N–H and O–H groups in total. The van der Waals surface area contributed by atoms with Gasteiger partial charge in [0.2, 0.25) is 0 Å². The van der Waals surface area contributed by atoms with Crippen LogP contribution >= 0.6 is 0 Å². The Bertz CT molecular complexity index is 494. The van der Waals surface area contributed by atoms with Gasteiger partial charge < -0.3 is 4.74 Å². The first-order valence-electron chi connectivity index (χ1n) is 3.58. The zero-order chi connectivity index (χ0) is 11.6. The first kappa shape index (κ1) is 11.4. The van der Waals surface area contributed by atoms with Crippen LogP contribution in [0.2, 0.25) is 0 Å². The number of hydrogen-bond acceptors (Lipinski definition) is 5. The van der Waals surface area contributed by atoms with Crippen LogP contribution in [-0.2, 0) is 10.1 Å². The molecule has 0 aliphatic heterocycles. The van der Waals surface area contributed by atoms with Gasteiger partial charge in [-0.15, -0.1) is 0 Å². The van der Waals surface area contributed by atoms with Crippen LogP contribution in [0.3, 0.4) is 0 Å². The van der Waals surface area contributed by atoms with Crippen molar-refractivity contribution < 1.29 is 22.6 Å². The quantitative estimate of drug-likeness (QED) is 0.465. The SMILES string of the molecule is COc1[c]cc(S(=O)(=O)O)c([N+](=O)[O-])c1. The number of nitro groups is 1. The maximum atomic E-state index is 10.7. The summed E-state index contributed by atoms with van der Waals surface area (Å²) in [7, 11) is -3.38. The average molecular weight is 232 g/mol. The van der Waals surface area contributed by atoms with Crippen LogP contribution in [0.5, 0.6) is 5.75 Å². The largest absolute Gasteiger partial charge is 0.496 e. The predicted octanol–water partition coefficient (Wildman–Crippen LogP) is 0.650. The predicted molar refractivity (Wildman–Crippen MR) is 48.3 cm³/mol. The normalized spacial score (nSPS) is 11.1. The topological polar surface area (TPSA) is 107 Å². The summed E-state index contributed by atoms with van der Waals surface area (Å²) in [4.78, 5) is 8.75. The maximum Gasteiger partial charge on any atom is 0.301 e. The second kappa shape index (κ2) is 3.83. The molecule has 0 aromatic heterocycles. The highest BCUT2D eigenvalue weighted by atomic mass is 32.2. The van der Waals surface area contributed by atoms with Gasteiger partial charge in [-0.05, 0) is 6.07 Å². The Labute approximate surface area is 85.2 Å². The standard InChI is InChI=1S/C7H6NO6S/c1-14-5-2-3-7(15(11,12)13)6(4-5)8(9)10/h3-4H,1H3,(H,11,12,13). The lowest BCUT2D eigenvalue weighted by Gasteiger charge is -2.01. The summed E-state index contributed by atoms with van der Waals surface area (Å²) in [6.07, 6.45) is 0. The highest BCUT2D eigenvalue weighted by Gasteiger charge is 2.24. The zero-order valence-corrected chi connectivity index (χ0v) is 8.32. The van der Waals surface area contributed by atoms with E-state index in [0.29, 0.717) is 0 Å². The fourth-order valence-electron chi connectivity index (χ4n) is 0.915. The molecule has 0 saturated heterocycles. The van der Waals surface area contributed by atoms with Crippen LogP contribution in [0.1, 0.15) is 0 Å². The number of ether oxygens (including phenoxy) is 1. The molecule has 1 rings (SSSR count). The van der Waals surface area contributed by atoms with Gasteiger partial charge in [-0.2, -0.15) is 8.42 Å². The molecule has 7 nitrogen and oxygen atoms in total. The summed E-state index contributed by atoms with van der Waals surface area (Å²) in [5.41, 5.74) is -0.756. The van der Waals surface area contributed by atoms with E-state index >= 15 is 0 Å². The van der Waals surface area contributed by atoms with Crippen molar-refractivity contribution in [2.24, 2.45) is 0 Å². The number of nitrogens with zero attached hydrogens (tertiary/aromatic N) is 1. The molecule has 0 spiro atoms. The molecule has 0 aliphatic carbocycles. The van der Waals surface area contributed by atoms with Gasteiger partial charge in [0.05, 0.1) is 18.1 Å². The van der Waals surface area contributed by atoms with E-state index in [1.807, 2.05) is 0 Å². The highest BCUT2D eigenvalue weighted by molar-refractivity contribution is 7.86. The summed E-state index contributed by atoms with van der Waals surface area (Å²) in [5, 5.41) is 10.5. The van der Waals surface area contributed by atoms with E-state index < -0.39 is 25.6 Å². The van der Waals surface area contributed by atoms with E-state index in [9.17, 15) is 18.5 Å². The Balaban J connectivity index is 3.48. The molecule has 0 bridgehead atoms. The number of methoxy groups -OCH3 is 1. The average Bonchev–Trinajstić information content (AvgIpc) is 2.15. The smallest absolute Gasteiger partial charge is 0.301 e. The van der Waals surface area contributed by atoms with Gasteiger partial charge in [0.15, 0.2) is 4.90 Å². The minimum absolute atomic E-state index is 0.00843. The monoisotopic (exact) mass is 232 g/mol. The minimum atomic E-state index is -4.63. The third-order valence-electron chi connectivity index (χ3n) is 1.56. The fourth-order valence-corrected chi connectivity index (χ4v) is 1.52. The van der Waals surface area contributed by atoms with Crippen molar-refractivity contribution in [1.29, 1.82) is 0 Å². The van der Waals surface area contributed by atoms with Crippen LogP contribution in [0.15, 0.2) is 17.0 Å². The van der Waals surface area contributed by atoms with Crippen molar-refractivity contribution in [2.75, 3.05) is 7.11 Å². The van der Waals surface area contributed by atoms with Crippen LogP contribution in [0.4, 0.5) is 5.69 Å². The van der Waals surface area contributed by atoms with Crippen LogP contribution in [0, 0.1) is 16.2 Å². The minimum Gasteiger partial charge on any atom is -0.496 e. The molecule has 0 fully saturated rings.